The summed E-state index contributed by atoms with van der Waals surface area (Å²) in [4.78, 5) is 13.1. The van der Waals surface area contributed by atoms with E-state index in [-0.39, 0.29) is 5.91 Å². The Morgan fingerprint density at radius 1 is 1.03 bits per heavy atom. The van der Waals surface area contributed by atoms with Crippen molar-refractivity contribution >= 4 is 11.6 Å². The topological polar surface area (TPSA) is 73.0 Å². The van der Waals surface area contributed by atoms with E-state index in [1.54, 1.807) is 0 Å². The highest BCUT2D eigenvalue weighted by Gasteiger charge is 2.18. The molecule has 0 saturated heterocycles. The predicted molar refractivity (Wildman–Crippen MR) is 112 cm³/mol. The van der Waals surface area contributed by atoms with Crippen molar-refractivity contribution in [3.05, 3.63) is 83.0 Å². The van der Waals surface area contributed by atoms with E-state index in [1.807, 2.05) is 57.2 Å². The van der Waals surface area contributed by atoms with Crippen LogP contribution in [0.2, 0.25) is 0 Å². The van der Waals surface area contributed by atoms with Gasteiger partial charge in [-0.2, -0.15) is 0 Å². The minimum atomic E-state index is -0.150. The van der Waals surface area contributed by atoms with Crippen LogP contribution in [0.3, 0.4) is 0 Å². The third kappa shape index (κ3) is 3.57. The number of nitrogens with zero attached hydrogens (tertiary/aromatic N) is 3. The van der Waals surface area contributed by atoms with Gasteiger partial charge in [0.05, 0.1) is 5.56 Å². The van der Waals surface area contributed by atoms with Crippen LogP contribution in [0.5, 0.6) is 0 Å². The van der Waals surface area contributed by atoms with Crippen molar-refractivity contribution in [2.24, 2.45) is 0 Å². The Hall–Kier alpha value is -3.67. The highest BCUT2D eigenvalue weighted by atomic mass is 16.4. The molecule has 146 valence electrons. The molecule has 0 saturated carbocycles. The van der Waals surface area contributed by atoms with Crippen molar-refractivity contribution in [1.29, 1.82) is 0 Å². The lowest BCUT2D eigenvalue weighted by Gasteiger charge is -2.12. The summed E-state index contributed by atoms with van der Waals surface area (Å²) in [6, 6.07) is 15.8. The zero-order valence-corrected chi connectivity index (χ0v) is 16.9. The molecule has 0 aliphatic carbocycles. The monoisotopic (exact) mass is 386 g/mol. The van der Waals surface area contributed by atoms with Gasteiger partial charge in [-0.15, -0.1) is 10.2 Å². The first-order valence-electron chi connectivity index (χ1n) is 9.38. The van der Waals surface area contributed by atoms with E-state index < -0.39 is 0 Å². The molecule has 6 heteroatoms. The van der Waals surface area contributed by atoms with Gasteiger partial charge in [0, 0.05) is 28.3 Å². The Morgan fingerprint density at radius 2 is 1.86 bits per heavy atom. The normalized spacial score (nSPS) is 10.9. The third-order valence-corrected chi connectivity index (χ3v) is 5.03. The van der Waals surface area contributed by atoms with E-state index >= 15 is 0 Å². The quantitative estimate of drug-likeness (QED) is 0.535. The number of amides is 1. The SMILES string of the molecule is Cc1cccc(-n2c(C)cc(C(=O)Nc3cc(-c4nnco4)ccc3C)c2C)c1. The van der Waals surface area contributed by atoms with Gasteiger partial charge in [0.15, 0.2) is 0 Å². The van der Waals surface area contributed by atoms with Crippen molar-refractivity contribution < 1.29 is 9.21 Å². The van der Waals surface area contributed by atoms with Gasteiger partial charge in [0.2, 0.25) is 12.3 Å². The van der Waals surface area contributed by atoms with Gasteiger partial charge < -0.3 is 14.3 Å². The molecular weight excluding hydrogens is 364 g/mol. The summed E-state index contributed by atoms with van der Waals surface area (Å²) >= 11 is 0. The second-order valence-electron chi connectivity index (χ2n) is 7.19. The molecule has 0 atom stereocenters. The molecule has 2 heterocycles. The summed E-state index contributed by atoms with van der Waals surface area (Å²) in [5.41, 5.74) is 7.20. The van der Waals surface area contributed by atoms with Gasteiger partial charge in [0.1, 0.15) is 0 Å². The second kappa shape index (κ2) is 7.39. The first kappa shape index (κ1) is 18.7. The number of hydrogen-bond donors (Lipinski definition) is 1. The number of hydrogen-bond acceptors (Lipinski definition) is 4. The number of aromatic nitrogens is 3. The van der Waals surface area contributed by atoms with Gasteiger partial charge in [-0.05, 0) is 69.2 Å². The lowest BCUT2D eigenvalue weighted by molar-refractivity contribution is 0.102. The number of carbonyl (C=O) groups is 1. The number of aryl methyl sites for hydroxylation is 3. The molecule has 4 rings (SSSR count). The van der Waals surface area contributed by atoms with Crippen LogP contribution >= 0.6 is 0 Å². The van der Waals surface area contributed by atoms with Gasteiger partial charge in [-0.25, -0.2) is 0 Å². The maximum Gasteiger partial charge on any atom is 0.257 e. The average Bonchev–Trinajstić information content (AvgIpc) is 3.32. The number of rotatable bonds is 4. The Morgan fingerprint density at radius 3 is 2.59 bits per heavy atom. The molecule has 29 heavy (non-hydrogen) atoms. The first-order valence-corrected chi connectivity index (χ1v) is 9.38. The van der Waals surface area contributed by atoms with Gasteiger partial charge >= 0.3 is 0 Å². The van der Waals surface area contributed by atoms with Crippen LogP contribution in [0.15, 0.2) is 59.3 Å². The molecule has 6 nitrogen and oxygen atoms in total. The van der Waals surface area contributed by atoms with Crippen molar-refractivity contribution in [1.82, 2.24) is 14.8 Å². The Labute approximate surface area is 169 Å². The van der Waals surface area contributed by atoms with E-state index in [1.165, 1.54) is 12.0 Å². The van der Waals surface area contributed by atoms with Crippen LogP contribution in [-0.2, 0) is 0 Å². The molecule has 0 spiro atoms. The molecular formula is C23H22N4O2. The van der Waals surface area contributed by atoms with Crippen molar-refractivity contribution in [2.75, 3.05) is 5.32 Å². The maximum absolute atomic E-state index is 13.1. The van der Waals surface area contributed by atoms with E-state index in [2.05, 4.69) is 39.1 Å². The molecule has 0 unspecified atom stereocenters. The Kier molecular flexibility index (Phi) is 4.76. The maximum atomic E-state index is 13.1. The minimum Gasteiger partial charge on any atom is -0.423 e. The summed E-state index contributed by atoms with van der Waals surface area (Å²) in [6.07, 6.45) is 1.29. The smallest absolute Gasteiger partial charge is 0.257 e. The van der Waals surface area contributed by atoms with Crippen molar-refractivity contribution in [2.45, 2.75) is 27.7 Å². The summed E-state index contributed by atoms with van der Waals surface area (Å²) in [7, 11) is 0. The fourth-order valence-electron chi connectivity index (χ4n) is 3.54. The van der Waals surface area contributed by atoms with E-state index in [0.717, 1.165) is 28.2 Å². The Balaban J connectivity index is 1.66. The van der Waals surface area contributed by atoms with Crippen molar-refractivity contribution in [3.8, 4) is 17.1 Å². The molecule has 4 aromatic rings. The van der Waals surface area contributed by atoms with E-state index in [4.69, 9.17) is 4.42 Å². The van der Waals surface area contributed by atoms with Gasteiger partial charge in [-0.3, -0.25) is 4.79 Å². The average molecular weight is 386 g/mol. The van der Waals surface area contributed by atoms with Crippen LogP contribution in [0.4, 0.5) is 5.69 Å². The minimum absolute atomic E-state index is 0.150. The summed E-state index contributed by atoms with van der Waals surface area (Å²) < 4.78 is 7.36. The van der Waals surface area contributed by atoms with E-state index in [0.29, 0.717) is 17.1 Å². The highest BCUT2D eigenvalue weighted by molar-refractivity contribution is 6.06. The zero-order valence-electron chi connectivity index (χ0n) is 16.9. The van der Waals surface area contributed by atoms with Gasteiger partial charge in [-0.1, -0.05) is 18.2 Å². The highest BCUT2D eigenvalue weighted by Crippen LogP contribution is 2.26. The molecule has 0 bridgehead atoms. The fourth-order valence-corrected chi connectivity index (χ4v) is 3.54. The summed E-state index contributed by atoms with van der Waals surface area (Å²) in [5.74, 6) is 0.265. The van der Waals surface area contributed by atoms with Crippen LogP contribution in [0.25, 0.3) is 17.1 Å². The number of benzene rings is 2. The molecule has 1 N–H and O–H groups in total. The fraction of sp³-hybridized carbons (Fsp3) is 0.174. The lowest BCUT2D eigenvalue weighted by Crippen LogP contribution is -2.14. The van der Waals surface area contributed by atoms with E-state index in [9.17, 15) is 4.79 Å². The summed E-state index contributed by atoms with van der Waals surface area (Å²) in [5, 5.41) is 10.7. The molecule has 0 aliphatic rings. The van der Waals surface area contributed by atoms with Crippen LogP contribution in [0, 0.1) is 27.7 Å². The summed E-state index contributed by atoms with van der Waals surface area (Å²) in [6.45, 7) is 7.98. The van der Waals surface area contributed by atoms with Crippen LogP contribution in [0.1, 0.15) is 32.9 Å². The number of anilines is 1. The second-order valence-corrected chi connectivity index (χ2v) is 7.19. The molecule has 0 radical (unpaired) electrons. The predicted octanol–water partition coefficient (Wildman–Crippen LogP) is 5.01. The van der Waals surface area contributed by atoms with Gasteiger partial charge in [0.25, 0.3) is 5.91 Å². The van der Waals surface area contributed by atoms with Crippen LogP contribution < -0.4 is 5.32 Å². The number of carbonyl (C=O) groups excluding carboxylic acids is 1. The van der Waals surface area contributed by atoms with Crippen molar-refractivity contribution in [3.63, 3.8) is 0 Å². The standard InChI is InChI=1S/C23H22N4O2/c1-14-6-5-7-19(10-14)27-16(3)11-20(17(27)4)22(28)25-21-12-18(9-8-15(21)2)23-26-24-13-29-23/h5-13H,1-4H3,(H,25,28). The zero-order chi connectivity index (χ0) is 20.5. The molecule has 0 fully saturated rings. The number of nitrogens with one attached hydrogen (secondary N) is 1. The van der Waals surface area contributed by atoms with Crippen LogP contribution in [-0.4, -0.2) is 20.7 Å². The largest absolute Gasteiger partial charge is 0.423 e. The molecule has 0 aliphatic heterocycles. The first-order chi connectivity index (χ1) is 13.9. The third-order valence-electron chi connectivity index (χ3n) is 5.03. The molecule has 1 amide bonds. The Bertz CT molecular complexity index is 1190. The molecule has 2 aromatic carbocycles. The molecule has 2 aromatic heterocycles. The lowest BCUT2D eigenvalue weighted by atomic mass is 10.1.